The molecule has 1 aromatic carbocycles. The van der Waals surface area contributed by atoms with Crippen LogP contribution in [0.15, 0.2) is 47.1 Å². The smallest absolute Gasteiger partial charge is 0.274 e. The van der Waals surface area contributed by atoms with Crippen LogP contribution in [0.4, 0.5) is 5.69 Å². The lowest BCUT2D eigenvalue weighted by molar-refractivity contribution is 0.0793. The number of nitrogens with one attached hydrogen (secondary N) is 1. The largest absolute Gasteiger partial charge is 0.342 e. The molecule has 2 aromatic rings. The van der Waals surface area contributed by atoms with Gasteiger partial charge in [0, 0.05) is 29.8 Å². The fraction of sp³-hybridized carbons (Fsp3) is 0.278. The standard InChI is InChI=1S/C18H20BrN3O2/c1-3-4-11-22(2)18(24)13-9-10-20-16(12-13)17(23)21-15-8-6-5-7-14(15)19/h5-10,12H,3-4,11H2,1-2H3,(H,21,23). The molecule has 0 fully saturated rings. The maximum atomic E-state index is 12.4. The van der Waals surface area contributed by atoms with Gasteiger partial charge in [-0.1, -0.05) is 25.5 Å². The van der Waals surface area contributed by atoms with Crippen LogP contribution < -0.4 is 5.32 Å². The number of pyridine rings is 1. The van der Waals surface area contributed by atoms with Crippen LogP contribution in [0.3, 0.4) is 0 Å². The minimum Gasteiger partial charge on any atom is -0.342 e. The number of para-hydroxylation sites is 1. The summed E-state index contributed by atoms with van der Waals surface area (Å²) in [4.78, 5) is 30.5. The number of amides is 2. The Labute approximate surface area is 150 Å². The molecule has 0 atom stereocenters. The first kappa shape index (κ1) is 18.1. The quantitative estimate of drug-likeness (QED) is 0.812. The summed E-state index contributed by atoms with van der Waals surface area (Å²) in [6, 6.07) is 10.5. The molecule has 5 nitrogen and oxygen atoms in total. The van der Waals surface area contributed by atoms with Gasteiger partial charge in [-0.05, 0) is 46.6 Å². The van der Waals surface area contributed by atoms with Crippen molar-refractivity contribution in [3.8, 4) is 0 Å². The summed E-state index contributed by atoms with van der Waals surface area (Å²) in [5.41, 5.74) is 1.32. The Kier molecular flexibility index (Phi) is 6.49. The second-order valence-electron chi connectivity index (χ2n) is 5.44. The molecule has 0 spiro atoms. The summed E-state index contributed by atoms with van der Waals surface area (Å²) in [5.74, 6) is -0.464. The second kappa shape index (κ2) is 8.59. The van der Waals surface area contributed by atoms with Gasteiger partial charge in [-0.25, -0.2) is 0 Å². The molecule has 0 aliphatic rings. The van der Waals surface area contributed by atoms with E-state index in [0.29, 0.717) is 17.8 Å². The van der Waals surface area contributed by atoms with Crippen molar-refractivity contribution < 1.29 is 9.59 Å². The molecule has 1 aromatic heterocycles. The average molecular weight is 390 g/mol. The van der Waals surface area contributed by atoms with Gasteiger partial charge in [0.2, 0.25) is 0 Å². The zero-order valence-electron chi connectivity index (χ0n) is 13.8. The SMILES string of the molecule is CCCCN(C)C(=O)c1ccnc(C(=O)Nc2ccccc2Br)c1. The maximum absolute atomic E-state index is 12.4. The van der Waals surface area contributed by atoms with Crippen LogP contribution in [0, 0.1) is 0 Å². The lowest BCUT2D eigenvalue weighted by Crippen LogP contribution is -2.28. The van der Waals surface area contributed by atoms with Crippen molar-refractivity contribution in [3.05, 3.63) is 58.3 Å². The molecule has 6 heteroatoms. The average Bonchev–Trinajstić information content (AvgIpc) is 2.61. The summed E-state index contributed by atoms with van der Waals surface area (Å²) >= 11 is 3.38. The van der Waals surface area contributed by atoms with E-state index in [9.17, 15) is 9.59 Å². The van der Waals surface area contributed by atoms with Gasteiger partial charge in [0.1, 0.15) is 5.69 Å². The molecule has 0 unspecified atom stereocenters. The Hall–Kier alpha value is -2.21. The van der Waals surface area contributed by atoms with E-state index >= 15 is 0 Å². The lowest BCUT2D eigenvalue weighted by Gasteiger charge is -2.17. The van der Waals surface area contributed by atoms with Gasteiger partial charge in [0.05, 0.1) is 5.69 Å². The minimum absolute atomic E-state index is 0.110. The summed E-state index contributed by atoms with van der Waals surface area (Å²) in [7, 11) is 1.76. The fourth-order valence-corrected chi connectivity index (χ4v) is 2.54. The van der Waals surface area contributed by atoms with Crippen molar-refractivity contribution in [2.24, 2.45) is 0 Å². The van der Waals surface area contributed by atoms with Crippen molar-refractivity contribution in [2.75, 3.05) is 18.9 Å². The van der Waals surface area contributed by atoms with Gasteiger partial charge < -0.3 is 10.2 Å². The van der Waals surface area contributed by atoms with Crippen molar-refractivity contribution in [3.63, 3.8) is 0 Å². The molecule has 2 rings (SSSR count). The monoisotopic (exact) mass is 389 g/mol. The number of carbonyl (C=O) groups is 2. The third-order valence-corrected chi connectivity index (χ3v) is 4.25. The molecule has 0 bridgehead atoms. The van der Waals surface area contributed by atoms with Gasteiger partial charge in [0.25, 0.3) is 11.8 Å². The highest BCUT2D eigenvalue weighted by molar-refractivity contribution is 9.10. The van der Waals surface area contributed by atoms with E-state index in [1.807, 2.05) is 18.2 Å². The van der Waals surface area contributed by atoms with Crippen LogP contribution in [0.5, 0.6) is 0 Å². The highest BCUT2D eigenvalue weighted by Gasteiger charge is 2.15. The number of benzene rings is 1. The molecule has 1 heterocycles. The molecular formula is C18H20BrN3O2. The van der Waals surface area contributed by atoms with Crippen molar-refractivity contribution in [2.45, 2.75) is 19.8 Å². The van der Waals surface area contributed by atoms with Gasteiger partial charge in [-0.15, -0.1) is 0 Å². The van der Waals surface area contributed by atoms with Crippen LogP contribution in [0.25, 0.3) is 0 Å². The summed E-state index contributed by atoms with van der Waals surface area (Å²) < 4.78 is 0.782. The summed E-state index contributed by atoms with van der Waals surface area (Å²) in [5, 5.41) is 2.78. The van der Waals surface area contributed by atoms with Gasteiger partial charge in [0.15, 0.2) is 0 Å². The zero-order valence-corrected chi connectivity index (χ0v) is 15.3. The summed E-state index contributed by atoms with van der Waals surface area (Å²) in [6.07, 6.45) is 3.45. The molecule has 1 N–H and O–H groups in total. The molecule has 0 aliphatic heterocycles. The highest BCUT2D eigenvalue weighted by Crippen LogP contribution is 2.21. The van der Waals surface area contributed by atoms with Crippen molar-refractivity contribution in [1.29, 1.82) is 0 Å². The van der Waals surface area contributed by atoms with Gasteiger partial charge in [-0.2, -0.15) is 0 Å². The molecule has 0 saturated heterocycles. The fourth-order valence-electron chi connectivity index (χ4n) is 2.15. The lowest BCUT2D eigenvalue weighted by atomic mass is 10.2. The molecule has 2 amide bonds. The summed E-state index contributed by atoms with van der Waals surface area (Å²) in [6.45, 7) is 2.77. The number of anilines is 1. The zero-order chi connectivity index (χ0) is 17.5. The molecule has 0 aliphatic carbocycles. The highest BCUT2D eigenvalue weighted by atomic mass is 79.9. The predicted octanol–water partition coefficient (Wildman–Crippen LogP) is 3.97. The molecule has 126 valence electrons. The normalized spacial score (nSPS) is 10.3. The number of nitrogens with zero attached hydrogens (tertiary/aromatic N) is 2. The van der Waals surface area contributed by atoms with E-state index < -0.39 is 0 Å². The first-order chi connectivity index (χ1) is 11.5. The number of rotatable bonds is 6. The predicted molar refractivity (Wildman–Crippen MR) is 98.2 cm³/mol. The van der Waals surface area contributed by atoms with Crippen LogP contribution in [-0.2, 0) is 0 Å². The van der Waals surface area contributed by atoms with Crippen molar-refractivity contribution >= 4 is 33.4 Å². The van der Waals surface area contributed by atoms with E-state index in [0.717, 1.165) is 17.3 Å². The van der Waals surface area contributed by atoms with Gasteiger partial charge in [-0.3, -0.25) is 14.6 Å². The first-order valence-electron chi connectivity index (χ1n) is 7.80. The number of carbonyl (C=O) groups excluding carboxylic acids is 2. The Bertz CT molecular complexity index is 734. The van der Waals surface area contributed by atoms with E-state index in [4.69, 9.17) is 0 Å². The Morgan fingerprint density at radius 2 is 2.00 bits per heavy atom. The van der Waals surface area contributed by atoms with E-state index in [1.165, 1.54) is 12.3 Å². The number of halogens is 1. The third-order valence-electron chi connectivity index (χ3n) is 3.56. The second-order valence-corrected chi connectivity index (χ2v) is 6.30. The number of aromatic nitrogens is 1. The van der Waals surface area contributed by atoms with Crippen LogP contribution in [0.1, 0.15) is 40.6 Å². The third kappa shape index (κ3) is 4.64. The van der Waals surface area contributed by atoms with Gasteiger partial charge >= 0.3 is 0 Å². The van der Waals surface area contributed by atoms with Crippen molar-refractivity contribution in [1.82, 2.24) is 9.88 Å². The Morgan fingerprint density at radius 1 is 1.25 bits per heavy atom. The minimum atomic E-state index is -0.354. The van der Waals surface area contributed by atoms with E-state index in [1.54, 1.807) is 24.1 Å². The van der Waals surface area contributed by atoms with Crippen LogP contribution in [0.2, 0.25) is 0 Å². The molecule has 0 saturated carbocycles. The number of unbranched alkanes of at least 4 members (excludes halogenated alkanes) is 1. The topological polar surface area (TPSA) is 62.3 Å². The van der Waals surface area contributed by atoms with Crippen LogP contribution >= 0.6 is 15.9 Å². The first-order valence-corrected chi connectivity index (χ1v) is 8.59. The maximum Gasteiger partial charge on any atom is 0.274 e. The van der Waals surface area contributed by atoms with E-state index in [2.05, 4.69) is 33.2 Å². The number of hydrogen-bond donors (Lipinski definition) is 1. The Morgan fingerprint density at radius 3 is 2.71 bits per heavy atom. The molecular weight excluding hydrogens is 370 g/mol. The molecule has 24 heavy (non-hydrogen) atoms. The number of hydrogen-bond acceptors (Lipinski definition) is 3. The molecule has 0 radical (unpaired) electrons. The Balaban J connectivity index is 2.13. The van der Waals surface area contributed by atoms with E-state index in [-0.39, 0.29) is 17.5 Å². The van der Waals surface area contributed by atoms with Crippen LogP contribution in [-0.4, -0.2) is 35.3 Å².